The van der Waals surface area contributed by atoms with Gasteiger partial charge in [0.1, 0.15) is 6.07 Å². The van der Waals surface area contributed by atoms with Gasteiger partial charge in [-0.05, 0) is 37.0 Å². The summed E-state index contributed by atoms with van der Waals surface area (Å²) in [5, 5.41) is 9.17. The minimum Gasteiger partial charge on any atom is -0.399 e. The van der Waals surface area contributed by atoms with Crippen LogP contribution in [0, 0.1) is 17.2 Å². The van der Waals surface area contributed by atoms with Crippen LogP contribution in [0.5, 0.6) is 0 Å². The molecule has 0 amide bonds. The van der Waals surface area contributed by atoms with Crippen LogP contribution >= 0.6 is 0 Å². The lowest BCUT2D eigenvalue weighted by atomic mass is 9.89. The number of rotatable bonds is 3. The van der Waals surface area contributed by atoms with Crippen LogP contribution in [0.25, 0.3) is 0 Å². The monoisotopic (exact) mass is 243 g/mol. The summed E-state index contributed by atoms with van der Waals surface area (Å²) in [6.45, 7) is 1.04. The Hall–Kier alpha value is -1.69. The number of nitrogens with zero attached hydrogens (tertiary/aromatic N) is 2. The van der Waals surface area contributed by atoms with Crippen molar-refractivity contribution in [2.75, 3.05) is 24.2 Å². The summed E-state index contributed by atoms with van der Waals surface area (Å²) >= 11 is 0. The molecule has 1 aromatic rings. The van der Waals surface area contributed by atoms with E-state index in [1.54, 1.807) is 6.07 Å². The van der Waals surface area contributed by atoms with E-state index in [9.17, 15) is 0 Å². The highest BCUT2D eigenvalue weighted by Crippen LogP contribution is 2.27. The Labute approximate surface area is 109 Å². The van der Waals surface area contributed by atoms with Gasteiger partial charge >= 0.3 is 0 Å². The van der Waals surface area contributed by atoms with Crippen LogP contribution in [-0.2, 0) is 0 Å². The zero-order chi connectivity index (χ0) is 13.0. The molecule has 1 saturated carbocycles. The standard InChI is InChI=1S/C15H21N3/c1-18(11-12-5-3-2-4-6-12)15-8-7-14(17)9-13(15)10-16/h7-9,12H,2-6,11,17H2,1H3. The largest absolute Gasteiger partial charge is 0.399 e. The van der Waals surface area contributed by atoms with Crippen LogP contribution in [0.1, 0.15) is 37.7 Å². The van der Waals surface area contributed by atoms with Crippen molar-refractivity contribution in [3.8, 4) is 6.07 Å². The molecule has 2 rings (SSSR count). The Kier molecular flexibility index (Phi) is 4.09. The molecule has 0 atom stereocenters. The van der Waals surface area contributed by atoms with E-state index in [4.69, 9.17) is 11.0 Å². The number of hydrogen-bond acceptors (Lipinski definition) is 3. The molecular weight excluding hydrogens is 222 g/mol. The maximum atomic E-state index is 9.17. The molecule has 0 saturated heterocycles. The average molecular weight is 243 g/mol. The van der Waals surface area contributed by atoms with Crippen molar-refractivity contribution in [3.05, 3.63) is 23.8 Å². The molecule has 0 heterocycles. The molecule has 2 N–H and O–H groups in total. The fourth-order valence-corrected chi connectivity index (χ4v) is 2.83. The fourth-order valence-electron chi connectivity index (χ4n) is 2.83. The van der Waals surface area contributed by atoms with Gasteiger partial charge in [0.05, 0.1) is 11.3 Å². The highest BCUT2D eigenvalue weighted by Gasteiger charge is 2.17. The lowest BCUT2D eigenvalue weighted by Crippen LogP contribution is -2.27. The minimum atomic E-state index is 0.654. The molecule has 0 unspecified atom stereocenters. The first-order valence-electron chi connectivity index (χ1n) is 6.71. The molecule has 0 bridgehead atoms. The molecule has 0 radical (unpaired) electrons. The van der Waals surface area contributed by atoms with Gasteiger partial charge in [-0.25, -0.2) is 0 Å². The molecule has 1 aliphatic carbocycles. The molecule has 3 heteroatoms. The molecule has 18 heavy (non-hydrogen) atoms. The van der Waals surface area contributed by atoms with E-state index in [1.807, 2.05) is 12.1 Å². The second-order valence-electron chi connectivity index (χ2n) is 5.27. The lowest BCUT2D eigenvalue weighted by molar-refractivity contribution is 0.362. The zero-order valence-electron chi connectivity index (χ0n) is 11.0. The second kappa shape index (κ2) is 5.77. The summed E-state index contributed by atoms with van der Waals surface area (Å²) in [6, 6.07) is 7.81. The van der Waals surface area contributed by atoms with Crippen LogP contribution in [0.4, 0.5) is 11.4 Å². The second-order valence-corrected chi connectivity index (χ2v) is 5.27. The first kappa shape index (κ1) is 12.8. The third kappa shape index (κ3) is 2.95. The average Bonchev–Trinajstić information content (AvgIpc) is 2.39. The van der Waals surface area contributed by atoms with E-state index in [0.29, 0.717) is 11.3 Å². The Morgan fingerprint density at radius 1 is 1.33 bits per heavy atom. The molecule has 0 spiro atoms. The third-order valence-electron chi connectivity index (χ3n) is 3.81. The predicted molar refractivity (Wildman–Crippen MR) is 75.4 cm³/mol. The molecule has 1 aliphatic rings. The Bertz CT molecular complexity index is 442. The quantitative estimate of drug-likeness (QED) is 0.830. The van der Waals surface area contributed by atoms with Crippen molar-refractivity contribution in [3.63, 3.8) is 0 Å². The summed E-state index contributed by atoms with van der Waals surface area (Å²) in [5.41, 5.74) is 8.04. The van der Waals surface area contributed by atoms with Crippen molar-refractivity contribution in [1.29, 1.82) is 5.26 Å². The maximum absolute atomic E-state index is 9.17. The summed E-state index contributed by atoms with van der Waals surface area (Å²) < 4.78 is 0. The van der Waals surface area contributed by atoms with Crippen molar-refractivity contribution < 1.29 is 0 Å². The Morgan fingerprint density at radius 2 is 2.06 bits per heavy atom. The van der Waals surface area contributed by atoms with E-state index in [2.05, 4.69) is 18.0 Å². The van der Waals surface area contributed by atoms with Gasteiger partial charge in [0.15, 0.2) is 0 Å². The molecular formula is C15H21N3. The first-order valence-corrected chi connectivity index (χ1v) is 6.71. The van der Waals surface area contributed by atoms with E-state index in [0.717, 1.165) is 18.2 Å². The van der Waals surface area contributed by atoms with Crippen molar-refractivity contribution in [2.45, 2.75) is 32.1 Å². The van der Waals surface area contributed by atoms with E-state index >= 15 is 0 Å². The van der Waals surface area contributed by atoms with Gasteiger partial charge in [-0.15, -0.1) is 0 Å². The number of nitrogen functional groups attached to an aromatic ring is 1. The molecule has 1 fully saturated rings. The third-order valence-corrected chi connectivity index (χ3v) is 3.81. The smallest absolute Gasteiger partial charge is 0.101 e. The first-order chi connectivity index (χ1) is 8.70. The fraction of sp³-hybridized carbons (Fsp3) is 0.533. The number of benzene rings is 1. The maximum Gasteiger partial charge on any atom is 0.101 e. The topological polar surface area (TPSA) is 53.0 Å². The van der Waals surface area contributed by atoms with Crippen molar-refractivity contribution >= 4 is 11.4 Å². The number of nitriles is 1. The normalized spacial score (nSPS) is 16.2. The van der Waals surface area contributed by atoms with Gasteiger partial charge in [-0.2, -0.15) is 5.26 Å². The Balaban J connectivity index is 2.08. The summed E-state index contributed by atoms with van der Waals surface area (Å²) in [5.74, 6) is 0.771. The number of nitrogens with two attached hydrogens (primary N) is 1. The van der Waals surface area contributed by atoms with Gasteiger partial charge in [0.25, 0.3) is 0 Å². The highest BCUT2D eigenvalue weighted by atomic mass is 15.1. The van der Waals surface area contributed by atoms with Crippen LogP contribution in [0.2, 0.25) is 0 Å². The minimum absolute atomic E-state index is 0.654. The summed E-state index contributed by atoms with van der Waals surface area (Å²) in [7, 11) is 2.07. The number of hydrogen-bond donors (Lipinski definition) is 1. The molecule has 3 nitrogen and oxygen atoms in total. The highest BCUT2D eigenvalue weighted by molar-refractivity contribution is 5.64. The van der Waals surface area contributed by atoms with Gasteiger partial charge in [-0.1, -0.05) is 19.3 Å². The van der Waals surface area contributed by atoms with Crippen molar-refractivity contribution in [1.82, 2.24) is 0 Å². The van der Waals surface area contributed by atoms with Gasteiger partial charge in [0, 0.05) is 19.3 Å². The van der Waals surface area contributed by atoms with Gasteiger partial charge in [-0.3, -0.25) is 0 Å². The van der Waals surface area contributed by atoms with E-state index < -0.39 is 0 Å². The van der Waals surface area contributed by atoms with Gasteiger partial charge in [0.2, 0.25) is 0 Å². The zero-order valence-corrected chi connectivity index (χ0v) is 11.0. The van der Waals surface area contributed by atoms with E-state index in [1.165, 1.54) is 32.1 Å². The lowest BCUT2D eigenvalue weighted by Gasteiger charge is -2.29. The molecule has 0 aliphatic heterocycles. The van der Waals surface area contributed by atoms with Crippen LogP contribution < -0.4 is 10.6 Å². The Morgan fingerprint density at radius 3 is 2.72 bits per heavy atom. The molecule has 96 valence electrons. The SMILES string of the molecule is CN(CC1CCCCC1)c1ccc(N)cc1C#N. The van der Waals surface area contributed by atoms with E-state index in [-0.39, 0.29) is 0 Å². The number of anilines is 2. The summed E-state index contributed by atoms with van der Waals surface area (Å²) in [4.78, 5) is 2.20. The summed E-state index contributed by atoms with van der Waals surface area (Å²) in [6.07, 6.45) is 6.73. The molecule has 1 aromatic carbocycles. The molecule has 0 aromatic heterocycles. The van der Waals surface area contributed by atoms with Crippen LogP contribution in [0.15, 0.2) is 18.2 Å². The predicted octanol–water partition coefficient (Wildman–Crippen LogP) is 3.16. The van der Waals surface area contributed by atoms with Crippen LogP contribution in [-0.4, -0.2) is 13.6 Å². The van der Waals surface area contributed by atoms with Crippen LogP contribution in [0.3, 0.4) is 0 Å². The van der Waals surface area contributed by atoms with Gasteiger partial charge < -0.3 is 10.6 Å². The van der Waals surface area contributed by atoms with Crippen molar-refractivity contribution in [2.24, 2.45) is 5.92 Å².